The lowest BCUT2D eigenvalue weighted by molar-refractivity contribution is -0.137. The SMILES string of the molecule is CC(C)c1nn(-c2ccc(C(F)(F)F)cc2)cc1C=O. The first-order chi connectivity index (χ1) is 9.32. The number of rotatable bonds is 3. The zero-order valence-corrected chi connectivity index (χ0v) is 11.0. The van der Waals surface area contributed by atoms with Crippen LogP contribution in [0.2, 0.25) is 0 Å². The number of halogens is 3. The Hall–Kier alpha value is -2.11. The minimum absolute atomic E-state index is 0.0610. The van der Waals surface area contributed by atoms with Crippen LogP contribution < -0.4 is 0 Å². The highest BCUT2D eigenvalue weighted by Crippen LogP contribution is 2.29. The van der Waals surface area contributed by atoms with Crippen LogP contribution in [0.5, 0.6) is 0 Å². The maximum Gasteiger partial charge on any atom is 0.416 e. The molecule has 2 aromatic rings. The van der Waals surface area contributed by atoms with E-state index >= 15 is 0 Å². The molecule has 1 aromatic carbocycles. The molecule has 6 heteroatoms. The van der Waals surface area contributed by atoms with E-state index in [0.717, 1.165) is 12.1 Å². The van der Waals surface area contributed by atoms with Gasteiger partial charge in [0.2, 0.25) is 0 Å². The summed E-state index contributed by atoms with van der Waals surface area (Å²) >= 11 is 0. The van der Waals surface area contributed by atoms with Gasteiger partial charge in [0.15, 0.2) is 6.29 Å². The second-order valence-corrected chi connectivity index (χ2v) is 4.73. The summed E-state index contributed by atoms with van der Waals surface area (Å²) in [5.74, 6) is 0.0610. The lowest BCUT2D eigenvalue weighted by Crippen LogP contribution is -2.05. The molecule has 0 aliphatic carbocycles. The minimum Gasteiger partial charge on any atom is -0.298 e. The normalized spacial score (nSPS) is 11.9. The summed E-state index contributed by atoms with van der Waals surface area (Å²) < 4.78 is 38.9. The van der Waals surface area contributed by atoms with Crippen LogP contribution in [-0.2, 0) is 6.18 Å². The smallest absolute Gasteiger partial charge is 0.298 e. The van der Waals surface area contributed by atoms with Crippen molar-refractivity contribution in [3.8, 4) is 5.69 Å². The summed E-state index contributed by atoms with van der Waals surface area (Å²) in [6.07, 6.45) is -2.15. The Morgan fingerprint density at radius 1 is 1.20 bits per heavy atom. The first kappa shape index (κ1) is 14.3. The van der Waals surface area contributed by atoms with Gasteiger partial charge in [-0.25, -0.2) is 4.68 Å². The third-order valence-corrected chi connectivity index (χ3v) is 2.91. The van der Waals surface area contributed by atoms with E-state index in [2.05, 4.69) is 5.10 Å². The number of aromatic nitrogens is 2. The molecule has 0 bridgehead atoms. The number of hydrogen-bond acceptors (Lipinski definition) is 2. The van der Waals surface area contributed by atoms with Gasteiger partial charge < -0.3 is 0 Å². The summed E-state index contributed by atoms with van der Waals surface area (Å²) in [6, 6.07) is 4.64. The molecule has 0 radical (unpaired) electrons. The van der Waals surface area contributed by atoms with Gasteiger partial charge >= 0.3 is 6.18 Å². The third kappa shape index (κ3) is 2.74. The van der Waals surface area contributed by atoms with Crippen molar-refractivity contribution in [1.82, 2.24) is 9.78 Å². The Balaban J connectivity index is 2.39. The van der Waals surface area contributed by atoms with Crippen LogP contribution in [-0.4, -0.2) is 16.1 Å². The lowest BCUT2D eigenvalue weighted by atomic mass is 10.1. The topological polar surface area (TPSA) is 34.9 Å². The van der Waals surface area contributed by atoms with E-state index in [4.69, 9.17) is 0 Å². The molecule has 0 saturated heterocycles. The van der Waals surface area contributed by atoms with Crippen molar-refractivity contribution in [2.45, 2.75) is 25.9 Å². The van der Waals surface area contributed by atoms with Gasteiger partial charge in [0.1, 0.15) is 0 Å². The Morgan fingerprint density at radius 2 is 1.80 bits per heavy atom. The zero-order valence-electron chi connectivity index (χ0n) is 11.0. The highest BCUT2D eigenvalue weighted by molar-refractivity contribution is 5.76. The summed E-state index contributed by atoms with van der Waals surface area (Å²) in [5, 5.41) is 4.25. The maximum absolute atomic E-state index is 12.5. The first-order valence-corrected chi connectivity index (χ1v) is 6.05. The molecular weight excluding hydrogens is 269 g/mol. The van der Waals surface area contributed by atoms with Crippen LogP contribution in [0.25, 0.3) is 5.69 Å². The molecule has 0 aliphatic heterocycles. The predicted octanol–water partition coefficient (Wildman–Crippen LogP) is 3.83. The third-order valence-electron chi connectivity index (χ3n) is 2.91. The predicted molar refractivity (Wildman–Crippen MR) is 68.0 cm³/mol. The number of carbonyl (C=O) groups is 1. The molecule has 0 fully saturated rings. The molecule has 1 heterocycles. The van der Waals surface area contributed by atoms with E-state index < -0.39 is 11.7 Å². The summed E-state index contributed by atoms with van der Waals surface area (Å²) in [6.45, 7) is 3.79. The van der Waals surface area contributed by atoms with Crippen LogP contribution in [0.4, 0.5) is 13.2 Å². The fraction of sp³-hybridized carbons (Fsp3) is 0.286. The molecule has 2 rings (SSSR count). The van der Waals surface area contributed by atoms with Crippen molar-refractivity contribution in [2.75, 3.05) is 0 Å². The Morgan fingerprint density at radius 3 is 2.20 bits per heavy atom. The number of benzene rings is 1. The molecule has 20 heavy (non-hydrogen) atoms. The van der Waals surface area contributed by atoms with Crippen LogP contribution in [0.3, 0.4) is 0 Å². The van der Waals surface area contributed by atoms with E-state index in [-0.39, 0.29) is 5.92 Å². The van der Waals surface area contributed by atoms with Crippen LogP contribution in [0.15, 0.2) is 30.5 Å². The van der Waals surface area contributed by atoms with E-state index in [1.165, 1.54) is 23.0 Å². The molecule has 0 atom stereocenters. The molecule has 3 nitrogen and oxygen atoms in total. The van der Waals surface area contributed by atoms with Crippen molar-refractivity contribution in [2.24, 2.45) is 0 Å². The van der Waals surface area contributed by atoms with Gasteiger partial charge in [-0.1, -0.05) is 13.8 Å². The molecular formula is C14H13F3N2O. The number of nitrogens with zero attached hydrogens (tertiary/aromatic N) is 2. The summed E-state index contributed by atoms with van der Waals surface area (Å²) in [7, 11) is 0. The maximum atomic E-state index is 12.5. The van der Waals surface area contributed by atoms with E-state index in [1.54, 1.807) is 0 Å². The molecule has 0 aliphatic rings. The second-order valence-electron chi connectivity index (χ2n) is 4.73. The average molecular weight is 282 g/mol. The van der Waals surface area contributed by atoms with Gasteiger partial charge in [-0.3, -0.25) is 4.79 Å². The first-order valence-electron chi connectivity index (χ1n) is 6.05. The Kier molecular flexibility index (Phi) is 3.65. The van der Waals surface area contributed by atoms with Gasteiger partial charge in [0.25, 0.3) is 0 Å². The summed E-state index contributed by atoms with van der Waals surface area (Å²) in [5.41, 5.74) is 0.834. The van der Waals surface area contributed by atoms with Gasteiger partial charge in [-0.05, 0) is 30.2 Å². The van der Waals surface area contributed by atoms with Crippen molar-refractivity contribution >= 4 is 6.29 Å². The zero-order chi connectivity index (χ0) is 14.9. The molecule has 0 saturated carbocycles. The van der Waals surface area contributed by atoms with Crippen LogP contribution in [0, 0.1) is 0 Å². The number of aldehydes is 1. The minimum atomic E-state index is -4.36. The number of carbonyl (C=O) groups excluding carboxylic acids is 1. The van der Waals surface area contributed by atoms with Crippen molar-refractivity contribution in [3.05, 3.63) is 47.3 Å². The quantitative estimate of drug-likeness (QED) is 0.802. The van der Waals surface area contributed by atoms with Gasteiger partial charge in [0, 0.05) is 6.20 Å². The van der Waals surface area contributed by atoms with Gasteiger partial charge in [-0.15, -0.1) is 0 Å². The average Bonchev–Trinajstić information content (AvgIpc) is 2.82. The number of alkyl halides is 3. The fourth-order valence-corrected chi connectivity index (χ4v) is 1.88. The molecule has 106 valence electrons. The van der Waals surface area contributed by atoms with Gasteiger partial charge in [0.05, 0.1) is 22.5 Å². The monoisotopic (exact) mass is 282 g/mol. The second kappa shape index (κ2) is 5.11. The Bertz CT molecular complexity index is 612. The van der Waals surface area contributed by atoms with Crippen molar-refractivity contribution in [3.63, 3.8) is 0 Å². The lowest BCUT2D eigenvalue weighted by Gasteiger charge is -2.07. The highest BCUT2D eigenvalue weighted by Gasteiger charge is 2.30. The molecule has 0 unspecified atom stereocenters. The van der Waals surface area contributed by atoms with E-state index in [0.29, 0.717) is 23.2 Å². The van der Waals surface area contributed by atoms with Crippen molar-refractivity contribution in [1.29, 1.82) is 0 Å². The molecule has 0 amide bonds. The van der Waals surface area contributed by atoms with Crippen molar-refractivity contribution < 1.29 is 18.0 Å². The van der Waals surface area contributed by atoms with Crippen LogP contribution >= 0.6 is 0 Å². The largest absolute Gasteiger partial charge is 0.416 e. The molecule has 1 aromatic heterocycles. The molecule has 0 N–H and O–H groups in total. The van der Waals surface area contributed by atoms with Gasteiger partial charge in [-0.2, -0.15) is 18.3 Å². The highest BCUT2D eigenvalue weighted by atomic mass is 19.4. The standard InChI is InChI=1S/C14H13F3N2O/c1-9(2)13-10(8-20)7-19(18-13)12-5-3-11(4-6-12)14(15,16)17/h3-9H,1-2H3. The molecule has 0 spiro atoms. The van der Waals surface area contributed by atoms with E-state index in [1.807, 2.05) is 13.8 Å². The van der Waals surface area contributed by atoms with E-state index in [9.17, 15) is 18.0 Å². The fourth-order valence-electron chi connectivity index (χ4n) is 1.88. The summed E-state index contributed by atoms with van der Waals surface area (Å²) in [4.78, 5) is 11.0. The number of hydrogen-bond donors (Lipinski definition) is 0. The van der Waals surface area contributed by atoms with Crippen LogP contribution in [0.1, 0.15) is 41.4 Å². The Labute approximate surface area is 114 Å².